The van der Waals surface area contributed by atoms with Crippen LogP contribution in [0, 0.1) is 0 Å². The maximum Gasteiger partial charge on any atom is 0.341 e. The highest BCUT2D eigenvalue weighted by Gasteiger charge is 2.48. The molecule has 1 heterocycles. The summed E-state index contributed by atoms with van der Waals surface area (Å²) in [5.74, 6) is 0.767. The number of benzene rings is 5. The first kappa shape index (κ1) is 39.1. The highest BCUT2D eigenvalue weighted by atomic mass is 35.5. The molecule has 0 saturated carbocycles. The van der Waals surface area contributed by atoms with Gasteiger partial charge < -0.3 is 24.0 Å². The van der Waals surface area contributed by atoms with Crippen LogP contribution < -0.4 is 19.3 Å². The second kappa shape index (κ2) is 16.4. The van der Waals surface area contributed by atoms with Crippen molar-refractivity contribution in [1.29, 1.82) is 0 Å². The fourth-order valence-corrected chi connectivity index (χ4v) is 7.54. The summed E-state index contributed by atoms with van der Waals surface area (Å²) in [6, 6.07) is 31.8. The predicted octanol–water partition coefficient (Wildman–Crippen LogP) is 11.9. The summed E-state index contributed by atoms with van der Waals surface area (Å²) in [6.07, 6.45) is 3.82. The van der Waals surface area contributed by atoms with Crippen LogP contribution >= 0.6 is 46.4 Å². The van der Waals surface area contributed by atoms with Crippen LogP contribution in [0.3, 0.4) is 0 Å². The summed E-state index contributed by atoms with van der Waals surface area (Å²) in [5.41, 5.74) is 5.66. The number of fused-ring (bicyclic) bond motifs is 1. The first-order chi connectivity index (χ1) is 25.9. The molecule has 6 rings (SSSR count). The Morgan fingerprint density at radius 2 is 0.926 bits per heavy atom. The number of esters is 1. The molecule has 1 aliphatic rings. The van der Waals surface area contributed by atoms with Crippen LogP contribution in [0.25, 0.3) is 11.1 Å². The Balaban J connectivity index is 1.72. The average molecular weight is 803 g/mol. The molecule has 0 radical (unpaired) electrons. The summed E-state index contributed by atoms with van der Waals surface area (Å²) in [5, 5.41) is 0.00958. The molecule has 5 aromatic rings. The van der Waals surface area contributed by atoms with E-state index < -0.39 is 11.6 Å². The van der Waals surface area contributed by atoms with Crippen LogP contribution in [0.15, 0.2) is 109 Å². The normalized spacial score (nSPS) is 15.5. The molecule has 0 aliphatic carbocycles. The zero-order valence-corrected chi connectivity index (χ0v) is 33.9. The third-order valence-corrected chi connectivity index (χ3v) is 11.0. The number of hydrogen-bond donors (Lipinski definition) is 0. The Hall–Kier alpha value is -4.59. The molecule has 6 nitrogen and oxygen atoms in total. The van der Waals surface area contributed by atoms with E-state index >= 15 is 0 Å². The lowest BCUT2D eigenvalue weighted by molar-refractivity contribution is 0.0300. The zero-order chi connectivity index (χ0) is 38.7. The molecule has 0 fully saturated rings. The van der Waals surface area contributed by atoms with Crippen molar-refractivity contribution in [3.8, 4) is 11.5 Å². The molecule has 0 amide bonds. The van der Waals surface area contributed by atoms with Gasteiger partial charge in [-0.3, -0.25) is 0 Å². The van der Waals surface area contributed by atoms with Gasteiger partial charge in [0.25, 0.3) is 0 Å². The number of rotatable bonds is 12. The molecule has 0 bridgehead atoms. The largest absolute Gasteiger partial charge is 0.494 e. The maximum atomic E-state index is 14.1. The fraction of sp³-hybridized carbons (Fsp3) is 0.205. The summed E-state index contributed by atoms with van der Waals surface area (Å²) in [7, 11) is 7.95. The van der Waals surface area contributed by atoms with Crippen molar-refractivity contribution in [1.82, 2.24) is 0 Å². The van der Waals surface area contributed by atoms with Crippen molar-refractivity contribution in [2.24, 2.45) is 0 Å². The van der Waals surface area contributed by atoms with E-state index in [4.69, 9.17) is 60.6 Å². The first-order valence-corrected chi connectivity index (χ1v) is 19.0. The number of nitrogens with zero attached hydrogens (tertiary/aromatic N) is 2. The Morgan fingerprint density at radius 3 is 1.28 bits per heavy atom. The maximum absolute atomic E-state index is 14.1. The predicted molar refractivity (Wildman–Crippen MR) is 224 cm³/mol. The third-order valence-electron chi connectivity index (χ3n) is 9.18. The molecule has 0 aromatic heterocycles. The van der Waals surface area contributed by atoms with Gasteiger partial charge in [0.1, 0.15) is 11.5 Å². The van der Waals surface area contributed by atoms with E-state index in [0.29, 0.717) is 13.2 Å². The minimum Gasteiger partial charge on any atom is -0.494 e. The van der Waals surface area contributed by atoms with Gasteiger partial charge in [-0.2, -0.15) is 0 Å². The van der Waals surface area contributed by atoms with E-state index in [1.54, 1.807) is 0 Å². The van der Waals surface area contributed by atoms with Crippen molar-refractivity contribution >= 4 is 74.9 Å². The van der Waals surface area contributed by atoms with E-state index in [9.17, 15) is 4.79 Å². The first-order valence-electron chi connectivity index (χ1n) is 17.4. The lowest BCUT2D eigenvalue weighted by atomic mass is 9.83. The molecular formula is C44H40Cl4N2O4. The standard InChI is InChI=1S/C44H40Cl4N2O4/c1-7-52-33-21-13-29(14-22-33)35(27-9-17-31(18-10-27)49(3)4)25-44(38-37(43(51)54-44)39(45)41(47)42(48)40(38)46)26-36(28-11-19-32(20-12-28)50(5)6)30-15-23-34(24-16-30)53-8-2/h9-26H,7-8H2,1-6H3. The van der Waals surface area contributed by atoms with Gasteiger partial charge in [0.15, 0.2) is 5.60 Å². The van der Waals surface area contributed by atoms with Gasteiger partial charge in [0.2, 0.25) is 0 Å². The van der Waals surface area contributed by atoms with Crippen molar-refractivity contribution in [3.05, 3.63) is 163 Å². The third kappa shape index (κ3) is 7.80. The topological polar surface area (TPSA) is 51.2 Å². The van der Waals surface area contributed by atoms with Gasteiger partial charge >= 0.3 is 5.97 Å². The van der Waals surface area contributed by atoms with Crippen molar-refractivity contribution in [2.75, 3.05) is 51.2 Å². The van der Waals surface area contributed by atoms with Crippen LogP contribution in [0.1, 0.15) is 52.0 Å². The molecule has 0 N–H and O–H groups in total. The molecule has 54 heavy (non-hydrogen) atoms. The van der Waals surface area contributed by atoms with E-state index in [0.717, 1.165) is 56.3 Å². The molecule has 0 atom stereocenters. The quantitative estimate of drug-likeness (QED) is 0.0711. The van der Waals surface area contributed by atoms with Gasteiger partial charge in [-0.15, -0.1) is 0 Å². The SMILES string of the molecule is CCOc1ccc(C(=CC2(C=C(c3ccc(OCC)cc3)c3ccc(N(C)C)cc3)OC(=O)c3c(Cl)c(Cl)c(Cl)c(Cl)c32)c2ccc(N(C)C)cc2)cc1. The van der Waals surface area contributed by atoms with Gasteiger partial charge in [0, 0.05) is 45.1 Å². The fourth-order valence-electron chi connectivity index (χ4n) is 6.46. The Kier molecular flexibility index (Phi) is 11.9. The van der Waals surface area contributed by atoms with Crippen LogP contribution in [0.4, 0.5) is 11.4 Å². The van der Waals surface area contributed by atoms with Crippen LogP contribution in [-0.2, 0) is 10.3 Å². The summed E-state index contributed by atoms with van der Waals surface area (Å²) < 4.78 is 18.1. The molecule has 0 saturated heterocycles. The van der Waals surface area contributed by atoms with Gasteiger partial charge in [0.05, 0.1) is 38.9 Å². The molecule has 1 aliphatic heterocycles. The second-order valence-electron chi connectivity index (χ2n) is 13.1. The van der Waals surface area contributed by atoms with E-state index in [1.165, 1.54) is 0 Å². The van der Waals surface area contributed by atoms with Crippen LogP contribution in [0.2, 0.25) is 20.1 Å². The Labute approximate surface area is 337 Å². The Morgan fingerprint density at radius 1 is 0.574 bits per heavy atom. The minimum absolute atomic E-state index is 0.0162. The summed E-state index contributed by atoms with van der Waals surface area (Å²) >= 11 is 27.3. The number of carbonyl (C=O) groups excluding carboxylic acids is 1. The van der Waals surface area contributed by atoms with Crippen molar-refractivity contribution in [3.63, 3.8) is 0 Å². The number of carbonyl (C=O) groups is 1. The summed E-state index contributed by atoms with van der Waals surface area (Å²) in [6.45, 7) is 4.94. The summed E-state index contributed by atoms with van der Waals surface area (Å²) in [4.78, 5) is 18.2. The molecule has 5 aromatic carbocycles. The average Bonchev–Trinajstić information content (AvgIpc) is 3.46. The number of hydrogen-bond acceptors (Lipinski definition) is 6. The number of ether oxygens (including phenoxy) is 3. The van der Waals surface area contributed by atoms with Gasteiger partial charge in [-0.25, -0.2) is 4.79 Å². The molecule has 278 valence electrons. The second-order valence-corrected chi connectivity index (χ2v) is 14.6. The van der Waals surface area contributed by atoms with Gasteiger partial charge in [-0.1, -0.05) is 94.9 Å². The van der Waals surface area contributed by atoms with E-state index in [-0.39, 0.29) is 31.2 Å². The van der Waals surface area contributed by atoms with Crippen LogP contribution in [0.5, 0.6) is 11.5 Å². The lowest BCUT2D eigenvalue weighted by Crippen LogP contribution is -2.23. The minimum atomic E-state index is -1.64. The molecule has 0 spiro atoms. The number of cyclic esters (lactones) is 1. The number of halogens is 4. The smallest absolute Gasteiger partial charge is 0.341 e. The monoisotopic (exact) mass is 800 g/mol. The molecule has 0 unspecified atom stereocenters. The zero-order valence-electron chi connectivity index (χ0n) is 30.8. The van der Waals surface area contributed by atoms with Crippen molar-refractivity contribution in [2.45, 2.75) is 19.4 Å². The van der Waals surface area contributed by atoms with Crippen molar-refractivity contribution < 1.29 is 19.0 Å². The van der Waals surface area contributed by atoms with E-state index in [2.05, 4.69) is 0 Å². The van der Waals surface area contributed by atoms with Gasteiger partial charge in [-0.05, 0) is 108 Å². The highest BCUT2D eigenvalue weighted by molar-refractivity contribution is 6.53. The van der Waals surface area contributed by atoms with Crippen LogP contribution in [-0.4, -0.2) is 47.4 Å². The lowest BCUT2D eigenvalue weighted by Gasteiger charge is -2.27. The molecular weight excluding hydrogens is 762 g/mol. The Bertz CT molecular complexity index is 2100. The highest BCUT2D eigenvalue weighted by Crippen LogP contribution is 2.53. The number of anilines is 2. The van der Waals surface area contributed by atoms with E-state index in [1.807, 2.05) is 161 Å². The molecule has 10 heteroatoms.